The van der Waals surface area contributed by atoms with Crippen LogP contribution in [0, 0.1) is 6.92 Å². The minimum absolute atomic E-state index is 0.0685. The molecule has 0 aromatic heterocycles. The number of nitrogens with one attached hydrogen (secondary N) is 2. The predicted molar refractivity (Wildman–Crippen MR) is 101 cm³/mol. The Labute approximate surface area is 149 Å². The SMILES string of the molecule is COc1ccc(NC(N)=NCC(=O)Nc2cc(Br)ccc2C)cc1. The Morgan fingerprint density at radius 3 is 2.58 bits per heavy atom. The van der Waals surface area contributed by atoms with E-state index < -0.39 is 0 Å². The Hall–Kier alpha value is -2.54. The lowest BCUT2D eigenvalue weighted by atomic mass is 10.2. The average Bonchev–Trinajstić information content (AvgIpc) is 2.57. The molecule has 0 saturated carbocycles. The van der Waals surface area contributed by atoms with Crippen molar-refractivity contribution in [3.63, 3.8) is 0 Å². The van der Waals surface area contributed by atoms with E-state index in [9.17, 15) is 4.79 Å². The van der Waals surface area contributed by atoms with Crippen LogP contribution in [-0.2, 0) is 4.79 Å². The van der Waals surface area contributed by atoms with E-state index in [1.807, 2.05) is 37.3 Å². The Morgan fingerprint density at radius 2 is 1.92 bits per heavy atom. The van der Waals surface area contributed by atoms with Crippen molar-refractivity contribution in [1.82, 2.24) is 0 Å². The summed E-state index contributed by atoms with van der Waals surface area (Å²) in [5, 5.41) is 5.73. The highest BCUT2D eigenvalue weighted by Crippen LogP contribution is 2.20. The molecule has 0 saturated heterocycles. The second kappa shape index (κ2) is 8.35. The third kappa shape index (κ3) is 5.27. The number of benzene rings is 2. The first-order valence-electron chi connectivity index (χ1n) is 7.25. The van der Waals surface area contributed by atoms with E-state index in [1.165, 1.54) is 0 Å². The van der Waals surface area contributed by atoms with E-state index in [4.69, 9.17) is 10.5 Å². The molecule has 6 nitrogen and oxygen atoms in total. The van der Waals surface area contributed by atoms with Crippen LogP contribution in [0.5, 0.6) is 5.75 Å². The van der Waals surface area contributed by atoms with Crippen molar-refractivity contribution in [3.05, 3.63) is 52.5 Å². The molecule has 2 aromatic rings. The van der Waals surface area contributed by atoms with Gasteiger partial charge in [0.15, 0.2) is 5.96 Å². The van der Waals surface area contributed by atoms with E-state index in [-0.39, 0.29) is 18.4 Å². The molecule has 2 rings (SSSR count). The molecule has 24 heavy (non-hydrogen) atoms. The molecule has 7 heteroatoms. The molecule has 0 radical (unpaired) electrons. The highest BCUT2D eigenvalue weighted by atomic mass is 79.9. The van der Waals surface area contributed by atoms with Gasteiger partial charge in [-0.2, -0.15) is 0 Å². The summed E-state index contributed by atoms with van der Waals surface area (Å²) in [4.78, 5) is 16.0. The molecular formula is C17H19BrN4O2. The van der Waals surface area contributed by atoms with Gasteiger partial charge in [-0.1, -0.05) is 22.0 Å². The number of aliphatic imine (C=N–C) groups is 1. The van der Waals surface area contributed by atoms with Crippen LogP contribution in [0.1, 0.15) is 5.56 Å². The van der Waals surface area contributed by atoms with E-state index in [0.717, 1.165) is 27.2 Å². The molecule has 0 heterocycles. The number of hydrogen-bond donors (Lipinski definition) is 3. The van der Waals surface area contributed by atoms with Gasteiger partial charge in [0.05, 0.1) is 7.11 Å². The van der Waals surface area contributed by atoms with Crippen LogP contribution in [0.2, 0.25) is 0 Å². The van der Waals surface area contributed by atoms with Gasteiger partial charge in [0, 0.05) is 15.8 Å². The molecule has 0 aliphatic rings. The van der Waals surface area contributed by atoms with Gasteiger partial charge in [0.25, 0.3) is 0 Å². The Kier molecular flexibility index (Phi) is 6.20. The number of nitrogens with zero attached hydrogens (tertiary/aromatic N) is 1. The van der Waals surface area contributed by atoms with Crippen LogP contribution in [0.4, 0.5) is 11.4 Å². The van der Waals surface area contributed by atoms with Crippen molar-refractivity contribution >= 4 is 39.2 Å². The van der Waals surface area contributed by atoms with Crippen molar-refractivity contribution in [2.24, 2.45) is 10.7 Å². The van der Waals surface area contributed by atoms with Crippen LogP contribution >= 0.6 is 15.9 Å². The zero-order chi connectivity index (χ0) is 17.5. The van der Waals surface area contributed by atoms with Gasteiger partial charge in [0.2, 0.25) is 5.91 Å². The number of amides is 1. The Balaban J connectivity index is 1.91. The van der Waals surface area contributed by atoms with Crippen LogP contribution < -0.4 is 21.1 Å². The third-order valence-electron chi connectivity index (χ3n) is 3.23. The van der Waals surface area contributed by atoms with Gasteiger partial charge in [0.1, 0.15) is 12.3 Å². The number of carbonyl (C=O) groups excluding carboxylic acids is 1. The predicted octanol–water partition coefficient (Wildman–Crippen LogP) is 3.13. The van der Waals surface area contributed by atoms with Gasteiger partial charge < -0.3 is 21.1 Å². The summed E-state index contributed by atoms with van der Waals surface area (Å²) in [5.74, 6) is 0.678. The van der Waals surface area contributed by atoms with E-state index in [1.54, 1.807) is 19.2 Å². The molecule has 0 fully saturated rings. The average molecular weight is 391 g/mol. The van der Waals surface area contributed by atoms with Crippen LogP contribution in [0.3, 0.4) is 0 Å². The molecule has 2 aromatic carbocycles. The fourth-order valence-corrected chi connectivity index (χ4v) is 2.30. The van der Waals surface area contributed by atoms with Gasteiger partial charge in [-0.25, -0.2) is 4.99 Å². The minimum atomic E-state index is -0.240. The summed E-state index contributed by atoms with van der Waals surface area (Å²) in [6.07, 6.45) is 0. The third-order valence-corrected chi connectivity index (χ3v) is 3.72. The molecule has 0 bridgehead atoms. The van der Waals surface area contributed by atoms with Crippen molar-refractivity contribution < 1.29 is 9.53 Å². The molecule has 0 aliphatic carbocycles. The number of carbonyl (C=O) groups is 1. The van der Waals surface area contributed by atoms with Crippen molar-refractivity contribution in [3.8, 4) is 5.75 Å². The molecule has 0 spiro atoms. The van der Waals surface area contributed by atoms with Crippen molar-refractivity contribution in [2.75, 3.05) is 24.3 Å². The lowest BCUT2D eigenvalue weighted by Gasteiger charge is -2.09. The smallest absolute Gasteiger partial charge is 0.246 e. The van der Waals surface area contributed by atoms with E-state index in [0.29, 0.717) is 0 Å². The zero-order valence-electron chi connectivity index (χ0n) is 13.5. The highest BCUT2D eigenvalue weighted by molar-refractivity contribution is 9.10. The monoisotopic (exact) mass is 390 g/mol. The second-order valence-electron chi connectivity index (χ2n) is 5.06. The summed E-state index contributed by atoms with van der Waals surface area (Å²) in [6.45, 7) is 1.85. The maximum Gasteiger partial charge on any atom is 0.246 e. The number of methoxy groups -OCH3 is 1. The number of ether oxygens (including phenoxy) is 1. The molecule has 0 atom stereocenters. The minimum Gasteiger partial charge on any atom is -0.497 e. The first kappa shape index (κ1) is 17.8. The number of hydrogen-bond acceptors (Lipinski definition) is 3. The summed E-state index contributed by atoms with van der Waals surface area (Å²) < 4.78 is 5.98. The number of nitrogens with two attached hydrogens (primary N) is 1. The molecule has 1 amide bonds. The fraction of sp³-hybridized carbons (Fsp3) is 0.176. The number of guanidine groups is 1. The second-order valence-corrected chi connectivity index (χ2v) is 5.98. The van der Waals surface area contributed by atoms with E-state index in [2.05, 4.69) is 31.6 Å². The number of anilines is 2. The molecule has 0 unspecified atom stereocenters. The molecule has 0 aliphatic heterocycles. The Bertz CT molecular complexity index is 745. The van der Waals surface area contributed by atoms with Crippen molar-refractivity contribution in [2.45, 2.75) is 6.92 Å². The topological polar surface area (TPSA) is 88.7 Å². The summed E-state index contributed by atoms with van der Waals surface area (Å²) in [6, 6.07) is 12.9. The standard InChI is InChI=1S/C17H19BrN4O2/c1-11-3-4-12(18)9-15(11)22-16(23)10-20-17(19)21-13-5-7-14(24-2)8-6-13/h3-9H,10H2,1-2H3,(H,22,23)(H3,19,20,21). The van der Waals surface area contributed by atoms with Crippen LogP contribution in [0.25, 0.3) is 0 Å². The number of rotatable bonds is 5. The fourth-order valence-electron chi connectivity index (χ4n) is 1.94. The maximum absolute atomic E-state index is 12.0. The first-order valence-corrected chi connectivity index (χ1v) is 8.04. The normalized spacial score (nSPS) is 11.0. The summed E-state index contributed by atoms with van der Waals surface area (Å²) in [7, 11) is 1.60. The number of halogens is 1. The highest BCUT2D eigenvalue weighted by Gasteiger charge is 2.05. The van der Waals surface area contributed by atoms with Crippen LogP contribution in [0.15, 0.2) is 51.9 Å². The van der Waals surface area contributed by atoms with Gasteiger partial charge in [-0.3, -0.25) is 4.79 Å². The lowest BCUT2D eigenvalue weighted by molar-refractivity contribution is -0.114. The van der Waals surface area contributed by atoms with E-state index >= 15 is 0 Å². The van der Waals surface area contributed by atoms with Crippen molar-refractivity contribution in [1.29, 1.82) is 0 Å². The van der Waals surface area contributed by atoms with Crippen LogP contribution in [-0.4, -0.2) is 25.5 Å². The number of aryl methyl sites for hydroxylation is 1. The Morgan fingerprint density at radius 1 is 1.21 bits per heavy atom. The molecule has 4 N–H and O–H groups in total. The summed E-state index contributed by atoms with van der Waals surface area (Å²) in [5.41, 5.74) is 8.27. The zero-order valence-corrected chi connectivity index (χ0v) is 15.1. The van der Waals surface area contributed by atoms with Gasteiger partial charge in [-0.05, 0) is 48.9 Å². The summed E-state index contributed by atoms with van der Waals surface area (Å²) >= 11 is 3.38. The van der Waals surface area contributed by atoms with Gasteiger partial charge in [-0.15, -0.1) is 0 Å². The van der Waals surface area contributed by atoms with Gasteiger partial charge >= 0.3 is 0 Å². The quantitative estimate of drug-likeness (QED) is 0.540. The largest absolute Gasteiger partial charge is 0.497 e. The molecular weight excluding hydrogens is 372 g/mol. The lowest BCUT2D eigenvalue weighted by Crippen LogP contribution is -2.25. The first-order chi connectivity index (χ1) is 11.5. The molecule has 126 valence electrons. The maximum atomic E-state index is 12.0.